The van der Waals surface area contributed by atoms with Crippen molar-refractivity contribution < 1.29 is 18.0 Å². The summed E-state index contributed by atoms with van der Waals surface area (Å²) in [7, 11) is 3.14. The van der Waals surface area contributed by atoms with E-state index >= 15 is 0 Å². The number of pyridine rings is 1. The fourth-order valence-corrected chi connectivity index (χ4v) is 2.83. The first-order chi connectivity index (χ1) is 11.8. The van der Waals surface area contributed by atoms with Crippen molar-refractivity contribution in [2.45, 2.75) is 52.9 Å². The molecule has 0 unspecified atom stereocenters. The summed E-state index contributed by atoms with van der Waals surface area (Å²) in [4.78, 5) is 21.6. The van der Waals surface area contributed by atoms with Crippen LogP contribution in [0.25, 0.3) is 0 Å². The highest BCUT2D eigenvalue weighted by molar-refractivity contribution is 5.90. The second-order valence-corrected chi connectivity index (χ2v) is 7.11. The maximum atomic E-state index is 13.1. The lowest BCUT2D eigenvalue weighted by atomic mass is 10.2. The van der Waals surface area contributed by atoms with Gasteiger partial charge in [0, 0.05) is 45.0 Å². The van der Waals surface area contributed by atoms with Crippen LogP contribution < -0.4 is 4.90 Å². The van der Waals surface area contributed by atoms with Crippen molar-refractivity contribution in [1.29, 1.82) is 0 Å². The third-order valence-electron chi connectivity index (χ3n) is 4.07. The van der Waals surface area contributed by atoms with Crippen LogP contribution in [0.2, 0.25) is 0 Å². The van der Waals surface area contributed by atoms with Gasteiger partial charge in [-0.1, -0.05) is 0 Å². The molecule has 8 heteroatoms. The van der Waals surface area contributed by atoms with Gasteiger partial charge in [-0.25, -0.2) is 9.78 Å². The molecular weight excluding hydrogens is 345 g/mol. The Labute approximate surface area is 153 Å². The maximum absolute atomic E-state index is 13.1. The van der Waals surface area contributed by atoms with E-state index in [1.54, 1.807) is 14.1 Å². The Morgan fingerprint density at radius 2 is 1.62 bits per heavy atom. The van der Waals surface area contributed by atoms with Crippen LogP contribution in [0.5, 0.6) is 0 Å². The van der Waals surface area contributed by atoms with E-state index in [1.807, 2.05) is 27.7 Å². The van der Waals surface area contributed by atoms with Crippen molar-refractivity contribution in [3.63, 3.8) is 0 Å². The van der Waals surface area contributed by atoms with E-state index in [-0.39, 0.29) is 30.1 Å². The topological polar surface area (TPSA) is 39.7 Å². The monoisotopic (exact) mass is 374 g/mol. The summed E-state index contributed by atoms with van der Waals surface area (Å²) in [5.41, 5.74) is -0.586. The van der Waals surface area contributed by atoms with Crippen molar-refractivity contribution in [3.8, 4) is 0 Å². The highest BCUT2D eigenvalue weighted by Crippen LogP contribution is 2.31. The summed E-state index contributed by atoms with van der Waals surface area (Å²) in [6.45, 7) is 10.5. The van der Waals surface area contributed by atoms with Crippen LogP contribution >= 0.6 is 0 Å². The molecule has 0 radical (unpaired) electrons. The number of amides is 2. The molecule has 0 fully saturated rings. The molecule has 0 N–H and O–H groups in total. The largest absolute Gasteiger partial charge is 0.416 e. The number of hydrogen-bond acceptors (Lipinski definition) is 3. The van der Waals surface area contributed by atoms with Gasteiger partial charge < -0.3 is 4.90 Å². The Bertz CT molecular complexity index is 607. The number of alkyl halides is 3. The van der Waals surface area contributed by atoms with Crippen LogP contribution in [0.1, 0.15) is 39.0 Å². The predicted molar refractivity (Wildman–Crippen MR) is 97.4 cm³/mol. The van der Waals surface area contributed by atoms with Gasteiger partial charge in [-0.2, -0.15) is 13.2 Å². The Hall–Kier alpha value is -1.83. The highest BCUT2D eigenvalue weighted by atomic mass is 19.4. The number of aryl methyl sites for hydroxylation is 1. The van der Waals surface area contributed by atoms with Crippen molar-refractivity contribution in [2.75, 3.05) is 32.1 Å². The van der Waals surface area contributed by atoms with Gasteiger partial charge in [-0.3, -0.25) is 9.80 Å². The van der Waals surface area contributed by atoms with Gasteiger partial charge in [0.15, 0.2) is 0 Å². The number of urea groups is 1. The molecule has 1 aromatic rings. The first kappa shape index (κ1) is 22.2. The molecule has 1 rings (SSSR count). The minimum absolute atomic E-state index is 0.0171. The van der Waals surface area contributed by atoms with E-state index in [9.17, 15) is 18.0 Å². The quantitative estimate of drug-likeness (QED) is 0.755. The number of rotatable bonds is 6. The summed E-state index contributed by atoms with van der Waals surface area (Å²) < 4.78 is 39.4. The van der Waals surface area contributed by atoms with Gasteiger partial charge in [0.05, 0.1) is 5.56 Å². The van der Waals surface area contributed by atoms with E-state index < -0.39 is 17.8 Å². The zero-order valence-electron chi connectivity index (χ0n) is 16.6. The predicted octanol–water partition coefficient (Wildman–Crippen LogP) is 4.02. The first-order valence-electron chi connectivity index (χ1n) is 8.65. The zero-order chi connectivity index (χ0) is 20.2. The van der Waals surface area contributed by atoms with Crippen LogP contribution in [0.3, 0.4) is 0 Å². The summed E-state index contributed by atoms with van der Waals surface area (Å²) in [6.07, 6.45) is -4.49. The van der Waals surface area contributed by atoms with Gasteiger partial charge in [0.1, 0.15) is 5.82 Å². The molecule has 0 saturated heterocycles. The molecule has 148 valence electrons. The second-order valence-electron chi connectivity index (χ2n) is 7.11. The van der Waals surface area contributed by atoms with Crippen molar-refractivity contribution in [1.82, 2.24) is 14.8 Å². The van der Waals surface area contributed by atoms with Gasteiger partial charge in [0.2, 0.25) is 0 Å². The van der Waals surface area contributed by atoms with Crippen LogP contribution in [-0.4, -0.2) is 60.1 Å². The van der Waals surface area contributed by atoms with Crippen LogP contribution in [-0.2, 0) is 6.18 Å². The molecule has 0 atom stereocenters. The van der Waals surface area contributed by atoms with Crippen LogP contribution in [0.15, 0.2) is 12.1 Å². The number of hydrogen-bond donors (Lipinski definition) is 0. The minimum Gasteiger partial charge on any atom is -0.330 e. The molecule has 0 aliphatic heterocycles. The van der Waals surface area contributed by atoms with Crippen molar-refractivity contribution >= 4 is 11.8 Å². The summed E-state index contributed by atoms with van der Waals surface area (Å²) in [6, 6.07) is 2.02. The van der Waals surface area contributed by atoms with Crippen molar-refractivity contribution in [3.05, 3.63) is 23.4 Å². The zero-order valence-corrected chi connectivity index (χ0v) is 16.6. The Kier molecular flexibility index (Phi) is 7.44. The summed E-state index contributed by atoms with van der Waals surface area (Å²) in [5, 5.41) is 0. The number of carbonyl (C=O) groups is 1. The fourth-order valence-electron chi connectivity index (χ4n) is 2.83. The Morgan fingerprint density at radius 1 is 1.08 bits per heavy atom. The molecule has 5 nitrogen and oxygen atoms in total. The lowest BCUT2D eigenvalue weighted by Gasteiger charge is -2.33. The maximum Gasteiger partial charge on any atom is 0.416 e. The lowest BCUT2D eigenvalue weighted by Crippen LogP contribution is -2.47. The third-order valence-corrected chi connectivity index (χ3v) is 4.07. The third kappa shape index (κ3) is 5.86. The molecule has 26 heavy (non-hydrogen) atoms. The normalized spacial score (nSPS) is 12.2. The SMILES string of the molecule is Cc1cc(C(F)(F)F)cc(N(CCN(C(C)C)C(C)C)C(=O)N(C)C)n1. The van der Waals surface area contributed by atoms with E-state index in [0.29, 0.717) is 6.54 Å². The van der Waals surface area contributed by atoms with E-state index in [0.717, 1.165) is 12.1 Å². The summed E-state index contributed by atoms with van der Waals surface area (Å²) in [5.74, 6) is 0.0171. The van der Waals surface area contributed by atoms with E-state index in [4.69, 9.17) is 0 Å². The molecule has 0 aliphatic carbocycles. The van der Waals surface area contributed by atoms with E-state index in [2.05, 4.69) is 9.88 Å². The molecule has 1 heterocycles. The first-order valence-corrected chi connectivity index (χ1v) is 8.65. The van der Waals surface area contributed by atoms with Gasteiger partial charge >= 0.3 is 12.2 Å². The molecular formula is C18H29F3N4O. The Balaban J connectivity index is 3.23. The molecule has 2 amide bonds. The smallest absolute Gasteiger partial charge is 0.330 e. The number of aromatic nitrogens is 1. The number of anilines is 1. The number of halogens is 3. The van der Waals surface area contributed by atoms with Gasteiger partial charge in [-0.15, -0.1) is 0 Å². The second kappa shape index (κ2) is 8.70. The van der Waals surface area contributed by atoms with Gasteiger partial charge in [-0.05, 0) is 46.8 Å². The molecule has 0 spiro atoms. The Morgan fingerprint density at radius 3 is 2.04 bits per heavy atom. The van der Waals surface area contributed by atoms with Crippen LogP contribution in [0, 0.1) is 6.92 Å². The standard InChI is InChI=1S/C18H29F3N4O/c1-12(2)24(13(3)4)8-9-25(17(26)23(6)7)16-11-15(18(19,20)21)10-14(5)22-16/h10-13H,8-9H2,1-7H3. The number of carbonyl (C=O) groups excluding carboxylic acids is 1. The fraction of sp³-hybridized carbons (Fsp3) is 0.667. The molecule has 0 saturated carbocycles. The molecule has 0 aliphatic rings. The average molecular weight is 374 g/mol. The number of nitrogens with zero attached hydrogens (tertiary/aromatic N) is 4. The highest BCUT2D eigenvalue weighted by Gasteiger charge is 2.32. The molecule has 1 aromatic heterocycles. The molecule has 0 aromatic carbocycles. The lowest BCUT2D eigenvalue weighted by molar-refractivity contribution is -0.137. The minimum atomic E-state index is -4.49. The van der Waals surface area contributed by atoms with Crippen molar-refractivity contribution in [2.24, 2.45) is 0 Å². The van der Waals surface area contributed by atoms with E-state index in [1.165, 1.54) is 16.7 Å². The molecule has 0 bridgehead atoms. The van der Waals surface area contributed by atoms with Gasteiger partial charge in [0.25, 0.3) is 0 Å². The van der Waals surface area contributed by atoms with Crippen LogP contribution in [0.4, 0.5) is 23.8 Å². The summed E-state index contributed by atoms with van der Waals surface area (Å²) >= 11 is 0. The average Bonchev–Trinajstić information content (AvgIpc) is 2.48.